The Morgan fingerprint density at radius 1 is 0.852 bits per heavy atom. The van der Waals surface area contributed by atoms with Crippen molar-refractivity contribution in [3.63, 3.8) is 0 Å². The molecule has 7 nitrogen and oxygen atoms in total. The van der Waals surface area contributed by atoms with E-state index in [9.17, 15) is 4.79 Å². The van der Waals surface area contributed by atoms with E-state index in [0.29, 0.717) is 22.8 Å². The van der Waals surface area contributed by atoms with Crippen molar-refractivity contribution in [3.8, 4) is 0 Å². The van der Waals surface area contributed by atoms with Gasteiger partial charge in [0.2, 0.25) is 0 Å². The van der Waals surface area contributed by atoms with Crippen LogP contribution in [0.4, 0.5) is 21.9 Å². The van der Waals surface area contributed by atoms with E-state index in [4.69, 9.17) is 0 Å². The van der Waals surface area contributed by atoms with Crippen LogP contribution in [-0.2, 0) is 0 Å². The molecule has 0 aliphatic rings. The zero-order valence-corrected chi connectivity index (χ0v) is 14.7. The Kier molecular flexibility index (Phi) is 5.98. The van der Waals surface area contributed by atoms with Crippen LogP contribution in [0.1, 0.15) is 12.6 Å². The van der Waals surface area contributed by atoms with Crippen LogP contribution < -0.4 is 10.7 Å². The van der Waals surface area contributed by atoms with Crippen LogP contribution in [0, 0.1) is 0 Å². The highest BCUT2D eigenvalue weighted by molar-refractivity contribution is 5.98. The van der Waals surface area contributed by atoms with Crippen LogP contribution in [-0.4, -0.2) is 16.7 Å². The van der Waals surface area contributed by atoms with E-state index < -0.39 is 6.03 Å². The number of nitrogens with one attached hydrogen (secondary N) is 2. The molecule has 0 fully saturated rings. The van der Waals surface area contributed by atoms with Gasteiger partial charge in [0, 0.05) is 11.9 Å². The summed E-state index contributed by atoms with van der Waals surface area (Å²) >= 11 is 0. The molecule has 3 rings (SSSR count). The smallest absolute Gasteiger partial charge is 0.307 e. The number of aromatic nitrogens is 1. The molecule has 0 unspecified atom stereocenters. The average molecular weight is 358 g/mol. The number of urea groups is 1. The molecule has 2 N–H and O–H groups in total. The first kappa shape index (κ1) is 17.9. The fourth-order valence-electron chi connectivity index (χ4n) is 2.15. The molecular formula is C20H18N6O. The van der Waals surface area contributed by atoms with Crippen molar-refractivity contribution in [1.29, 1.82) is 0 Å². The molecule has 0 aliphatic carbocycles. The lowest BCUT2D eigenvalue weighted by molar-refractivity contribution is 0.252. The molecular weight excluding hydrogens is 340 g/mol. The molecule has 0 radical (unpaired) electrons. The second-order valence-electron chi connectivity index (χ2n) is 5.56. The number of carbonyl (C=O) groups excluding carboxylic acids is 1. The molecule has 0 atom stereocenters. The van der Waals surface area contributed by atoms with Crippen LogP contribution in [0.5, 0.6) is 0 Å². The van der Waals surface area contributed by atoms with E-state index >= 15 is 0 Å². The molecule has 0 saturated carbocycles. The number of benzene rings is 2. The fraction of sp³-hybridized carbons (Fsp3) is 0.0500. The Balaban J connectivity index is 1.55. The minimum atomic E-state index is -0.441. The Morgan fingerprint density at radius 2 is 1.52 bits per heavy atom. The molecule has 2 amide bonds. The number of nitrogens with zero attached hydrogens (tertiary/aromatic N) is 4. The van der Waals surface area contributed by atoms with Gasteiger partial charge in [0.1, 0.15) is 0 Å². The van der Waals surface area contributed by atoms with Gasteiger partial charge in [-0.1, -0.05) is 24.3 Å². The monoisotopic (exact) mass is 358 g/mol. The van der Waals surface area contributed by atoms with E-state index in [1.807, 2.05) is 48.5 Å². The van der Waals surface area contributed by atoms with Crippen LogP contribution >= 0.6 is 0 Å². The molecule has 2 aromatic carbocycles. The summed E-state index contributed by atoms with van der Waals surface area (Å²) in [6.07, 6.45) is 1.67. The second kappa shape index (κ2) is 9.00. The number of hydrogen-bond acceptors (Lipinski definition) is 5. The number of hydrogen-bond donors (Lipinski definition) is 2. The van der Waals surface area contributed by atoms with Gasteiger partial charge < -0.3 is 5.32 Å². The second-order valence-corrected chi connectivity index (χ2v) is 5.56. The molecule has 1 aromatic heterocycles. The average Bonchev–Trinajstić information content (AvgIpc) is 2.73. The Morgan fingerprint density at radius 3 is 2.19 bits per heavy atom. The van der Waals surface area contributed by atoms with Gasteiger partial charge in [-0.25, -0.2) is 10.2 Å². The fourth-order valence-corrected chi connectivity index (χ4v) is 2.15. The van der Waals surface area contributed by atoms with E-state index in [1.165, 1.54) is 0 Å². The molecule has 134 valence electrons. The molecule has 1 heterocycles. The molecule has 27 heavy (non-hydrogen) atoms. The maximum atomic E-state index is 12.0. The first-order valence-corrected chi connectivity index (χ1v) is 8.30. The quantitative estimate of drug-likeness (QED) is 0.380. The van der Waals surface area contributed by atoms with Gasteiger partial charge in [0.25, 0.3) is 0 Å². The van der Waals surface area contributed by atoms with E-state index in [1.54, 1.807) is 37.4 Å². The zero-order chi connectivity index (χ0) is 18.9. The van der Waals surface area contributed by atoms with E-state index in [-0.39, 0.29) is 0 Å². The summed E-state index contributed by atoms with van der Waals surface area (Å²) in [6, 6.07) is 21.6. The predicted molar refractivity (Wildman–Crippen MR) is 106 cm³/mol. The van der Waals surface area contributed by atoms with Crippen LogP contribution in [0.25, 0.3) is 0 Å². The minimum Gasteiger partial charge on any atom is -0.307 e. The summed E-state index contributed by atoms with van der Waals surface area (Å²) < 4.78 is 0. The van der Waals surface area contributed by atoms with Gasteiger partial charge in [-0.3, -0.25) is 4.98 Å². The molecule has 3 aromatic rings. The van der Waals surface area contributed by atoms with Crippen molar-refractivity contribution in [2.45, 2.75) is 6.92 Å². The SMILES string of the molecule is C/C(=N/NC(=O)Nc1ccc(N=Nc2ccccc2)cc1)c1ccccn1. The van der Waals surface area contributed by atoms with E-state index in [2.05, 4.69) is 31.1 Å². The van der Waals surface area contributed by atoms with Crippen LogP contribution in [0.3, 0.4) is 0 Å². The third-order valence-electron chi connectivity index (χ3n) is 3.52. The predicted octanol–water partition coefficient (Wildman–Crippen LogP) is 5.04. The summed E-state index contributed by atoms with van der Waals surface area (Å²) in [5.74, 6) is 0. The van der Waals surface area contributed by atoms with Crippen molar-refractivity contribution in [2.75, 3.05) is 5.32 Å². The molecule has 0 saturated heterocycles. The first-order chi connectivity index (χ1) is 13.2. The summed E-state index contributed by atoms with van der Waals surface area (Å²) in [4.78, 5) is 16.1. The van der Waals surface area contributed by atoms with Crippen molar-refractivity contribution >= 4 is 28.8 Å². The van der Waals surface area contributed by atoms with Gasteiger partial charge in [0.05, 0.1) is 22.8 Å². The summed E-state index contributed by atoms with van der Waals surface area (Å²) in [5.41, 5.74) is 5.85. The highest BCUT2D eigenvalue weighted by atomic mass is 16.2. The standard InChI is InChI=1S/C20H18N6O/c1-15(19-9-5-6-14-21-19)23-26-20(27)22-16-10-12-18(13-11-16)25-24-17-7-3-2-4-8-17/h2-14H,1H3,(H2,22,26,27)/b23-15-,25-24?. The van der Waals surface area contributed by atoms with Crippen LogP contribution in [0.15, 0.2) is 94.3 Å². The Bertz CT molecular complexity index is 937. The number of amides is 2. The van der Waals surface area contributed by atoms with Crippen molar-refractivity contribution in [3.05, 3.63) is 84.7 Å². The van der Waals surface area contributed by atoms with Crippen LogP contribution in [0.2, 0.25) is 0 Å². The Labute approximate surface area is 156 Å². The van der Waals surface area contributed by atoms with Gasteiger partial charge in [-0.2, -0.15) is 15.3 Å². The minimum absolute atomic E-state index is 0.441. The lowest BCUT2D eigenvalue weighted by Crippen LogP contribution is -2.25. The topological polar surface area (TPSA) is 91.1 Å². The number of azo groups is 1. The zero-order valence-electron chi connectivity index (χ0n) is 14.7. The largest absolute Gasteiger partial charge is 0.339 e. The number of rotatable bonds is 5. The number of hydrazone groups is 1. The molecule has 0 aliphatic heterocycles. The van der Waals surface area contributed by atoms with Gasteiger partial charge in [-0.15, -0.1) is 0 Å². The van der Waals surface area contributed by atoms with Crippen molar-refractivity contribution in [1.82, 2.24) is 10.4 Å². The summed E-state index contributed by atoms with van der Waals surface area (Å²) in [6.45, 7) is 1.77. The van der Waals surface area contributed by atoms with E-state index in [0.717, 1.165) is 5.69 Å². The van der Waals surface area contributed by atoms with Gasteiger partial charge in [0.15, 0.2) is 0 Å². The van der Waals surface area contributed by atoms with Crippen molar-refractivity contribution in [2.24, 2.45) is 15.3 Å². The highest BCUT2D eigenvalue weighted by Gasteiger charge is 2.02. The maximum Gasteiger partial charge on any atom is 0.339 e. The van der Waals surface area contributed by atoms with Gasteiger partial charge >= 0.3 is 6.03 Å². The first-order valence-electron chi connectivity index (χ1n) is 8.30. The maximum absolute atomic E-state index is 12.0. The number of carbonyl (C=O) groups is 1. The lowest BCUT2D eigenvalue weighted by atomic mass is 10.3. The normalized spacial score (nSPS) is 11.4. The van der Waals surface area contributed by atoms with Crippen molar-refractivity contribution < 1.29 is 4.79 Å². The third kappa shape index (κ3) is 5.57. The highest BCUT2D eigenvalue weighted by Crippen LogP contribution is 2.19. The van der Waals surface area contributed by atoms with Gasteiger partial charge in [-0.05, 0) is 55.5 Å². The number of anilines is 1. The summed E-state index contributed by atoms with van der Waals surface area (Å²) in [5, 5.41) is 15.0. The lowest BCUT2D eigenvalue weighted by Gasteiger charge is -2.05. The Hall–Kier alpha value is -3.87. The summed E-state index contributed by atoms with van der Waals surface area (Å²) in [7, 11) is 0. The molecule has 0 spiro atoms. The molecule has 7 heteroatoms. The third-order valence-corrected chi connectivity index (χ3v) is 3.52. The number of pyridine rings is 1. The molecule has 0 bridgehead atoms.